The summed E-state index contributed by atoms with van der Waals surface area (Å²) in [6.45, 7) is 6.13. The maximum atomic E-state index is 6.13. The molecule has 2 aliphatic rings. The first kappa shape index (κ1) is 17.4. The lowest BCUT2D eigenvalue weighted by Crippen LogP contribution is -2.26. The van der Waals surface area contributed by atoms with Crippen molar-refractivity contribution in [3.63, 3.8) is 0 Å². The number of benzene rings is 2. The Kier molecular flexibility index (Phi) is 3.93. The van der Waals surface area contributed by atoms with Crippen molar-refractivity contribution < 1.29 is 4.74 Å². The normalized spacial score (nSPS) is 23.7. The van der Waals surface area contributed by atoms with Gasteiger partial charge < -0.3 is 9.30 Å². The molecule has 6 heteroatoms. The maximum absolute atomic E-state index is 6.13. The van der Waals surface area contributed by atoms with E-state index in [0.717, 1.165) is 65.7 Å². The number of ether oxygens (including phenoxy) is 1. The van der Waals surface area contributed by atoms with Gasteiger partial charge in [-0.1, -0.05) is 12.1 Å². The molecular weight excluding hydrogens is 380 g/mol. The summed E-state index contributed by atoms with van der Waals surface area (Å²) in [7, 11) is 2.12. The van der Waals surface area contributed by atoms with Gasteiger partial charge in [0.2, 0.25) is 0 Å². The minimum atomic E-state index is 0.694. The highest BCUT2D eigenvalue weighted by molar-refractivity contribution is 7.18. The molecule has 6 rings (SSSR count). The Labute approximate surface area is 173 Å². The summed E-state index contributed by atoms with van der Waals surface area (Å²) in [5.41, 5.74) is 3.35. The Morgan fingerprint density at radius 2 is 1.90 bits per heavy atom. The molecule has 0 spiro atoms. The second kappa shape index (κ2) is 6.54. The minimum absolute atomic E-state index is 0.694. The van der Waals surface area contributed by atoms with Crippen molar-refractivity contribution >= 4 is 32.6 Å². The van der Waals surface area contributed by atoms with Crippen molar-refractivity contribution in [2.75, 3.05) is 19.7 Å². The van der Waals surface area contributed by atoms with Crippen molar-refractivity contribution in [3.8, 4) is 5.75 Å². The highest BCUT2D eigenvalue weighted by Gasteiger charge is 2.55. The van der Waals surface area contributed by atoms with Gasteiger partial charge in [-0.05, 0) is 43.0 Å². The van der Waals surface area contributed by atoms with E-state index >= 15 is 0 Å². The third-order valence-electron chi connectivity index (χ3n) is 6.60. The van der Waals surface area contributed by atoms with E-state index in [1.807, 2.05) is 0 Å². The number of piperidine rings is 1. The van der Waals surface area contributed by atoms with Crippen LogP contribution in [0, 0.1) is 24.7 Å². The zero-order valence-corrected chi connectivity index (χ0v) is 17.5. The Morgan fingerprint density at radius 1 is 1.07 bits per heavy atom. The van der Waals surface area contributed by atoms with E-state index in [-0.39, 0.29) is 0 Å². The number of aromatic nitrogens is 3. The molecule has 1 aliphatic heterocycles. The van der Waals surface area contributed by atoms with Gasteiger partial charge in [-0.2, -0.15) is 0 Å². The summed E-state index contributed by atoms with van der Waals surface area (Å²) in [5.74, 6) is 4.35. The van der Waals surface area contributed by atoms with E-state index in [1.165, 1.54) is 10.2 Å². The zero-order chi connectivity index (χ0) is 19.5. The van der Waals surface area contributed by atoms with E-state index in [0.29, 0.717) is 5.92 Å². The maximum Gasteiger partial charge on any atom is 0.123 e. The number of fused-ring (bicyclic) bond motifs is 3. The van der Waals surface area contributed by atoms with Crippen LogP contribution < -0.4 is 4.74 Å². The van der Waals surface area contributed by atoms with Crippen LogP contribution >= 0.6 is 11.3 Å². The molecule has 29 heavy (non-hydrogen) atoms. The molecule has 0 N–H and O–H groups in total. The lowest BCUT2D eigenvalue weighted by molar-refractivity contribution is 0.226. The average molecular weight is 405 g/mol. The van der Waals surface area contributed by atoms with Gasteiger partial charge in [0.15, 0.2) is 0 Å². The smallest absolute Gasteiger partial charge is 0.123 e. The first-order valence-corrected chi connectivity index (χ1v) is 11.1. The molecule has 4 aromatic rings. The molecule has 0 amide bonds. The van der Waals surface area contributed by atoms with Crippen molar-refractivity contribution in [3.05, 3.63) is 53.3 Å². The first-order chi connectivity index (χ1) is 14.2. The third kappa shape index (κ3) is 3.02. The average Bonchev–Trinajstić information content (AvgIpc) is 3.05. The van der Waals surface area contributed by atoms with Crippen LogP contribution in [-0.4, -0.2) is 39.1 Å². The molecule has 1 saturated carbocycles. The van der Waals surface area contributed by atoms with E-state index in [9.17, 15) is 0 Å². The van der Waals surface area contributed by atoms with Gasteiger partial charge in [-0.15, -0.1) is 11.3 Å². The fourth-order valence-corrected chi connectivity index (χ4v) is 5.76. The van der Waals surface area contributed by atoms with Crippen LogP contribution in [0.4, 0.5) is 0 Å². The molecule has 2 unspecified atom stereocenters. The largest absolute Gasteiger partial charge is 0.493 e. The molecular formula is C23H24N4OS. The highest BCUT2D eigenvalue weighted by Crippen LogP contribution is 2.52. The molecule has 148 valence electrons. The second-order valence-electron chi connectivity index (χ2n) is 8.43. The molecule has 0 bridgehead atoms. The van der Waals surface area contributed by atoms with Gasteiger partial charge in [0, 0.05) is 32.1 Å². The van der Waals surface area contributed by atoms with Crippen LogP contribution in [0.1, 0.15) is 10.8 Å². The molecule has 1 aliphatic carbocycles. The summed E-state index contributed by atoms with van der Waals surface area (Å²) in [6.07, 6.45) is 0. The Balaban J connectivity index is 1.06. The number of nitrogens with zero attached hydrogens (tertiary/aromatic N) is 4. The topological polar surface area (TPSA) is 43.2 Å². The van der Waals surface area contributed by atoms with Crippen LogP contribution in [0.3, 0.4) is 0 Å². The van der Waals surface area contributed by atoms with E-state index < -0.39 is 0 Å². The minimum Gasteiger partial charge on any atom is -0.493 e. The first-order valence-electron chi connectivity index (χ1n) is 10.3. The summed E-state index contributed by atoms with van der Waals surface area (Å²) >= 11 is 1.74. The number of rotatable bonds is 5. The highest BCUT2D eigenvalue weighted by atomic mass is 32.1. The Bertz CT molecular complexity index is 1200. The van der Waals surface area contributed by atoms with Crippen molar-refractivity contribution in [1.29, 1.82) is 0 Å². The Morgan fingerprint density at radius 3 is 2.72 bits per heavy atom. The van der Waals surface area contributed by atoms with Crippen LogP contribution in [0.25, 0.3) is 21.3 Å². The number of thiazole rings is 1. The quantitative estimate of drug-likeness (QED) is 0.499. The summed E-state index contributed by atoms with van der Waals surface area (Å²) in [4.78, 5) is 12.0. The second-order valence-corrected chi connectivity index (χ2v) is 9.67. The van der Waals surface area contributed by atoms with Crippen LogP contribution in [0.5, 0.6) is 5.75 Å². The number of imidazole rings is 1. The standard InChI is InChI=1S/C23H24N4OS/c1-14-24-20-9-15(7-8-22(20)29-14)28-13-18-16-10-27(11-17(16)18)12-23-25-19-5-3-4-6-21(19)26(23)2/h3-9,16-18H,10-13H2,1-2H3. The van der Waals surface area contributed by atoms with E-state index in [2.05, 4.69) is 70.9 Å². The SMILES string of the molecule is Cc1nc2cc(OCC3C4CN(Cc5nc6ccccc6n5C)CC34)ccc2s1. The molecule has 2 aromatic carbocycles. The zero-order valence-electron chi connectivity index (χ0n) is 16.7. The molecule has 0 radical (unpaired) electrons. The predicted molar refractivity (Wildman–Crippen MR) is 116 cm³/mol. The van der Waals surface area contributed by atoms with E-state index in [4.69, 9.17) is 9.72 Å². The number of para-hydroxylation sites is 2. The van der Waals surface area contributed by atoms with Crippen molar-refractivity contribution in [2.24, 2.45) is 24.8 Å². The fraction of sp³-hybridized carbons (Fsp3) is 0.391. The summed E-state index contributed by atoms with van der Waals surface area (Å²) < 4.78 is 9.59. The van der Waals surface area contributed by atoms with Gasteiger partial charge in [-0.25, -0.2) is 9.97 Å². The third-order valence-corrected chi connectivity index (χ3v) is 7.55. The lowest BCUT2D eigenvalue weighted by atomic mass is 10.2. The monoisotopic (exact) mass is 404 g/mol. The van der Waals surface area contributed by atoms with Crippen LogP contribution in [0.2, 0.25) is 0 Å². The molecule has 2 aromatic heterocycles. The molecule has 1 saturated heterocycles. The molecule has 5 nitrogen and oxygen atoms in total. The predicted octanol–water partition coefficient (Wildman–Crippen LogP) is 4.25. The van der Waals surface area contributed by atoms with Gasteiger partial charge in [-0.3, -0.25) is 4.90 Å². The summed E-state index contributed by atoms with van der Waals surface area (Å²) in [5, 5.41) is 1.11. The summed E-state index contributed by atoms with van der Waals surface area (Å²) in [6, 6.07) is 14.7. The van der Waals surface area contributed by atoms with Crippen LogP contribution in [0.15, 0.2) is 42.5 Å². The van der Waals surface area contributed by atoms with E-state index in [1.54, 1.807) is 11.3 Å². The van der Waals surface area contributed by atoms with Gasteiger partial charge in [0.05, 0.1) is 39.4 Å². The van der Waals surface area contributed by atoms with Gasteiger partial charge in [0.25, 0.3) is 0 Å². The Hall–Kier alpha value is -2.44. The van der Waals surface area contributed by atoms with Gasteiger partial charge >= 0.3 is 0 Å². The number of hydrogen-bond acceptors (Lipinski definition) is 5. The number of aryl methyl sites for hydroxylation is 2. The number of likely N-dealkylation sites (tertiary alicyclic amines) is 1. The van der Waals surface area contributed by atoms with Gasteiger partial charge in [0.1, 0.15) is 11.6 Å². The van der Waals surface area contributed by atoms with Crippen molar-refractivity contribution in [2.45, 2.75) is 13.5 Å². The molecule has 3 heterocycles. The van der Waals surface area contributed by atoms with Crippen molar-refractivity contribution in [1.82, 2.24) is 19.4 Å². The fourth-order valence-electron chi connectivity index (χ4n) is 4.95. The van der Waals surface area contributed by atoms with Crippen LogP contribution in [-0.2, 0) is 13.6 Å². The molecule has 2 fully saturated rings. The molecule has 2 atom stereocenters. The lowest BCUT2D eigenvalue weighted by Gasteiger charge is -2.19. The number of hydrogen-bond donors (Lipinski definition) is 0.